The highest BCUT2D eigenvalue weighted by Crippen LogP contribution is 2.28. The smallest absolute Gasteiger partial charge is 0.338 e. The minimum absolute atomic E-state index is 0.0164. The van der Waals surface area contributed by atoms with Crippen LogP contribution in [-0.2, 0) is 17.6 Å². The van der Waals surface area contributed by atoms with Crippen LogP contribution in [0, 0.1) is 0 Å². The zero-order valence-corrected chi connectivity index (χ0v) is 15.9. The highest BCUT2D eigenvalue weighted by molar-refractivity contribution is 5.93. The van der Waals surface area contributed by atoms with Gasteiger partial charge in [-0.05, 0) is 36.6 Å². The molecule has 0 aliphatic carbocycles. The van der Waals surface area contributed by atoms with E-state index >= 15 is 0 Å². The number of ether oxygens (including phenoxy) is 1. The number of hydrogen-bond acceptors (Lipinski definition) is 4. The topological polar surface area (TPSA) is 52.1 Å². The minimum atomic E-state index is -0.446. The Hall–Kier alpha value is -2.30. The van der Waals surface area contributed by atoms with Crippen LogP contribution in [0.4, 0.5) is 4.39 Å². The second-order valence-corrected chi connectivity index (χ2v) is 7.16. The number of unbranched alkanes of at least 4 members (excludes halogenated alkanes) is 4. The first-order valence-electron chi connectivity index (χ1n) is 9.94. The monoisotopic (exact) mass is 370 g/mol. The zero-order chi connectivity index (χ0) is 19.1. The fraction of sp³-hybridized carbons (Fsp3) is 0.500. The maximum Gasteiger partial charge on any atom is 0.338 e. The third-order valence-corrected chi connectivity index (χ3v) is 5.05. The maximum atomic E-state index is 12.5. The van der Waals surface area contributed by atoms with Crippen LogP contribution in [0.3, 0.4) is 0 Å². The van der Waals surface area contributed by atoms with E-state index in [1.54, 1.807) is 6.07 Å². The van der Waals surface area contributed by atoms with Crippen molar-refractivity contribution in [1.29, 1.82) is 0 Å². The van der Waals surface area contributed by atoms with Gasteiger partial charge in [-0.25, -0.2) is 4.79 Å². The Labute approximate surface area is 160 Å². The first-order chi connectivity index (χ1) is 13.2. The van der Waals surface area contributed by atoms with Crippen molar-refractivity contribution >= 4 is 5.97 Å². The van der Waals surface area contributed by atoms with Crippen molar-refractivity contribution in [2.45, 2.75) is 64.4 Å². The average Bonchev–Trinajstić information content (AvgIpc) is 2.69. The molecule has 0 spiro atoms. The van der Waals surface area contributed by atoms with E-state index in [0.29, 0.717) is 17.0 Å². The molecule has 0 N–H and O–H groups in total. The molecule has 1 aromatic carbocycles. The predicted octanol–water partition coefficient (Wildman–Crippen LogP) is 5.10. The number of carbonyl (C=O) groups excluding carboxylic acids is 1. The van der Waals surface area contributed by atoms with E-state index in [9.17, 15) is 9.18 Å². The van der Waals surface area contributed by atoms with E-state index in [0.717, 1.165) is 30.4 Å². The molecule has 2 aromatic rings. The number of aryl methyl sites for hydroxylation is 1. The Kier molecular flexibility index (Phi) is 6.91. The van der Waals surface area contributed by atoms with Crippen LogP contribution >= 0.6 is 0 Å². The van der Waals surface area contributed by atoms with E-state index in [1.807, 2.05) is 24.3 Å². The molecular formula is C22H27FN2O2. The van der Waals surface area contributed by atoms with Gasteiger partial charge in [0.15, 0.2) is 0 Å². The van der Waals surface area contributed by atoms with Crippen molar-refractivity contribution in [3.05, 3.63) is 47.2 Å². The molecule has 0 saturated carbocycles. The van der Waals surface area contributed by atoms with Crippen molar-refractivity contribution in [2.24, 2.45) is 0 Å². The van der Waals surface area contributed by atoms with Crippen molar-refractivity contribution in [1.82, 2.24) is 10.2 Å². The normalized spacial score (nSPS) is 16.1. The van der Waals surface area contributed by atoms with Gasteiger partial charge in [0, 0.05) is 18.4 Å². The fourth-order valence-electron chi connectivity index (χ4n) is 3.49. The summed E-state index contributed by atoms with van der Waals surface area (Å²) in [5, 5.41) is 8.19. The molecule has 0 amide bonds. The van der Waals surface area contributed by atoms with Crippen LogP contribution < -0.4 is 0 Å². The van der Waals surface area contributed by atoms with Crippen molar-refractivity contribution in [3.8, 4) is 11.3 Å². The number of nitrogens with zero attached hydrogens (tertiary/aromatic N) is 2. The summed E-state index contributed by atoms with van der Waals surface area (Å²) in [7, 11) is 0. The summed E-state index contributed by atoms with van der Waals surface area (Å²) in [6.07, 6.45) is 8.01. The van der Waals surface area contributed by atoms with Crippen LogP contribution in [-0.4, -0.2) is 28.9 Å². The van der Waals surface area contributed by atoms with Gasteiger partial charge in [-0.2, -0.15) is 10.2 Å². The van der Waals surface area contributed by atoms with E-state index in [4.69, 9.17) is 4.74 Å². The number of carbonyl (C=O) groups is 1. The number of fused-ring (bicyclic) bond motifs is 1. The Morgan fingerprint density at radius 3 is 2.70 bits per heavy atom. The summed E-state index contributed by atoms with van der Waals surface area (Å²) in [5.41, 5.74) is 3.77. The second kappa shape index (κ2) is 9.58. The summed E-state index contributed by atoms with van der Waals surface area (Å²) in [6.45, 7) is 1.76. The van der Waals surface area contributed by atoms with Gasteiger partial charge >= 0.3 is 5.97 Å². The van der Waals surface area contributed by atoms with Gasteiger partial charge < -0.3 is 4.74 Å². The number of halogens is 1. The van der Waals surface area contributed by atoms with Crippen LogP contribution in [0.1, 0.15) is 67.1 Å². The van der Waals surface area contributed by atoms with Crippen LogP contribution in [0.15, 0.2) is 30.3 Å². The van der Waals surface area contributed by atoms with Gasteiger partial charge in [0.05, 0.1) is 23.6 Å². The number of benzene rings is 1. The van der Waals surface area contributed by atoms with E-state index in [1.165, 1.54) is 25.7 Å². The fourth-order valence-corrected chi connectivity index (χ4v) is 3.49. The van der Waals surface area contributed by atoms with E-state index in [2.05, 4.69) is 17.1 Å². The lowest BCUT2D eigenvalue weighted by Crippen LogP contribution is -2.27. The third kappa shape index (κ3) is 5.12. The Balaban J connectivity index is 1.65. The van der Waals surface area contributed by atoms with Gasteiger partial charge in [-0.3, -0.25) is 4.39 Å². The standard InChI is InChI=1S/C22H27FN2O2/c1-2-3-4-5-6-7-19-14-16-8-9-17(15-20(16)22(26)27-19)21-11-10-18(12-13-23)24-25-21/h8-11,15,19H,2-7,12-14H2,1H3. The molecule has 1 atom stereocenters. The zero-order valence-electron chi connectivity index (χ0n) is 15.9. The molecule has 3 rings (SSSR count). The number of esters is 1. The SMILES string of the molecule is CCCCCCCC1Cc2ccc(-c3ccc(CCF)nn3)cc2C(=O)O1. The molecular weight excluding hydrogens is 343 g/mol. The van der Waals surface area contributed by atoms with Gasteiger partial charge in [-0.15, -0.1) is 0 Å². The van der Waals surface area contributed by atoms with Crippen LogP contribution in [0.2, 0.25) is 0 Å². The number of cyclic esters (lactones) is 1. The highest BCUT2D eigenvalue weighted by atomic mass is 19.1. The molecule has 1 unspecified atom stereocenters. The highest BCUT2D eigenvalue weighted by Gasteiger charge is 2.26. The largest absolute Gasteiger partial charge is 0.458 e. The lowest BCUT2D eigenvalue weighted by atomic mass is 9.93. The van der Waals surface area contributed by atoms with Gasteiger partial charge in [0.1, 0.15) is 6.10 Å². The third-order valence-electron chi connectivity index (χ3n) is 5.05. The van der Waals surface area contributed by atoms with Crippen LogP contribution in [0.25, 0.3) is 11.3 Å². The summed E-state index contributed by atoms with van der Waals surface area (Å²) in [6, 6.07) is 9.37. The lowest BCUT2D eigenvalue weighted by Gasteiger charge is -2.25. The molecule has 2 heterocycles. The van der Waals surface area contributed by atoms with Gasteiger partial charge in [-0.1, -0.05) is 44.7 Å². The predicted molar refractivity (Wildman–Crippen MR) is 103 cm³/mol. The van der Waals surface area contributed by atoms with E-state index < -0.39 is 6.67 Å². The Morgan fingerprint density at radius 1 is 1.11 bits per heavy atom. The molecule has 27 heavy (non-hydrogen) atoms. The average molecular weight is 370 g/mol. The van der Waals surface area contributed by atoms with Crippen molar-refractivity contribution in [2.75, 3.05) is 6.67 Å². The summed E-state index contributed by atoms with van der Waals surface area (Å²) >= 11 is 0. The molecule has 5 heteroatoms. The van der Waals surface area contributed by atoms with E-state index in [-0.39, 0.29) is 18.5 Å². The number of hydrogen-bond donors (Lipinski definition) is 0. The summed E-state index contributed by atoms with van der Waals surface area (Å²) < 4.78 is 18.0. The molecule has 0 fully saturated rings. The first kappa shape index (κ1) is 19.5. The molecule has 144 valence electrons. The molecule has 1 aliphatic rings. The molecule has 1 aliphatic heterocycles. The van der Waals surface area contributed by atoms with Crippen molar-refractivity contribution < 1.29 is 13.9 Å². The molecule has 1 aromatic heterocycles. The molecule has 0 radical (unpaired) electrons. The molecule has 0 bridgehead atoms. The number of aromatic nitrogens is 2. The quantitative estimate of drug-likeness (QED) is 0.455. The summed E-state index contributed by atoms with van der Waals surface area (Å²) in [4.78, 5) is 12.5. The second-order valence-electron chi connectivity index (χ2n) is 7.16. The first-order valence-corrected chi connectivity index (χ1v) is 9.94. The van der Waals surface area contributed by atoms with Crippen molar-refractivity contribution in [3.63, 3.8) is 0 Å². The Bertz CT molecular complexity index is 761. The van der Waals surface area contributed by atoms with Gasteiger partial charge in [0.25, 0.3) is 0 Å². The number of rotatable bonds is 9. The van der Waals surface area contributed by atoms with Crippen LogP contribution in [0.5, 0.6) is 0 Å². The Morgan fingerprint density at radius 2 is 1.96 bits per heavy atom. The number of alkyl halides is 1. The molecule has 0 saturated heterocycles. The lowest BCUT2D eigenvalue weighted by molar-refractivity contribution is 0.0232. The molecule has 4 nitrogen and oxygen atoms in total. The van der Waals surface area contributed by atoms with Gasteiger partial charge in [0.2, 0.25) is 0 Å². The maximum absolute atomic E-state index is 12.5. The summed E-state index contributed by atoms with van der Waals surface area (Å²) in [5.74, 6) is -0.251. The minimum Gasteiger partial charge on any atom is -0.458 e.